The monoisotopic (exact) mass is 291 g/mol. The Morgan fingerprint density at radius 3 is 2.62 bits per heavy atom. The predicted octanol–water partition coefficient (Wildman–Crippen LogP) is 3.24. The molecule has 116 valence electrons. The third-order valence-corrected chi connectivity index (χ3v) is 4.29. The highest BCUT2D eigenvalue weighted by molar-refractivity contribution is 5.67. The van der Waals surface area contributed by atoms with E-state index in [9.17, 15) is 9.90 Å². The summed E-state index contributed by atoms with van der Waals surface area (Å²) in [6.45, 7) is 2.30. The van der Waals surface area contributed by atoms with Gasteiger partial charge in [0.2, 0.25) is 0 Å². The van der Waals surface area contributed by atoms with Crippen LogP contribution in [0.15, 0.2) is 30.3 Å². The third-order valence-electron chi connectivity index (χ3n) is 4.29. The topological polar surface area (TPSA) is 58.6 Å². The molecule has 0 spiro atoms. The molecular formula is C17H25NO3. The number of carbonyl (C=O) groups excluding carboxylic acids is 1. The maximum Gasteiger partial charge on any atom is 0.407 e. The van der Waals surface area contributed by atoms with Crippen LogP contribution < -0.4 is 5.32 Å². The van der Waals surface area contributed by atoms with Crippen molar-refractivity contribution in [3.63, 3.8) is 0 Å². The van der Waals surface area contributed by atoms with Crippen LogP contribution >= 0.6 is 0 Å². The van der Waals surface area contributed by atoms with Gasteiger partial charge in [-0.15, -0.1) is 0 Å². The lowest BCUT2D eigenvalue weighted by molar-refractivity contribution is -0.0154. The van der Waals surface area contributed by atoms with Gasteiger partial charge in [0.25, 0.3) is 0 Å². The van der Waals surface area contributed by atoms with Gasteiger partial charge in [-0.05, 0) is 31.2 Å². The molecule has 1 aliphatic carbocycles. The lowest BCUT2D eigenvalue weighted by atomic mass is 9.78. The number of hydrogen-bond acceptors (Lipinski definition) is 3. The number of ether oxygens (including phenoxy) is 1. The molecule has 0 aromatic heterocycles. The first-order valence-electron chi connectivity index (χ1n) is 7.75. The van der Waals surface area contributed by atoms with E-state index in [2.05, 4.69) is 5.32 Å². The summed E-state index contributed by atoms with van der Waals surface area (Å²) >= 11 is 0. The van der Waals surface area contributed by atoms with Gasteiger partial charge in [-0.3, -0.25) is 0 Å². The molecule has 1 aromatic carbocycles. The van der Waals surface area contributed by atoms with Gasteiger partial charge in [0.05, 0.1) is 5.60 Å². The minimum atomic E-state index is -0.855. The van der Waals surface area contributed by atoms with E-state index in [-0.39, 0.29) is 19.1 Å². The molecule has 2 rings (SSSR count). The highest BCUT2D eigenvalue weighted by Crippen LogP contribution is 2.32. The molecule has 1 aliphatic rings. The summed E-state index contributed by atoms with van der Waals surface area (Å²) in [5.41, 5.74) is 0.0957. The summed E-state index contributed by atoms with van der Waals surface area (Å²) in [6, 6.07) is 9.55. The van der Waals surface area contributed by atoms with Crippen LogP contribution in [-0.2, 0) is 11.3 Å². The Morgan fingerprint density at radius 2 is 1.95 bits per heavy atom. The van der Waals surface area contributed by atoms with Gasteiger partial charge < -0.3 is 15.2 Å². The van der Waals surface area contributed by atoms with Gasteiger partial charge in [0, 0.05) is 6.54 Å². The normalized spacial score (nSPS) is 18.8. The second-order valence-electron chi connectivity index (χ2n) is 6.11. The molecule has 1 aromatic rings. The van der Waals surface area contributed by atoms with E-state index in [1.54, 1.807) is 6.92 Å². The summed E-state index contributed by atoms with van der Waals surface area (Å²) in [4.78, 5) is 11.7. The lowest BCUT2D eigenvalue weighted by Gasteiger charge is -2.35. The minimum Gasteiger partial charge on any atom is -0.445 e. The summed E-state index contributed by atoms with van der Waals surface area (Å²) < 4.78 is 5.15. The molecule has 2 N–H and O–H groups in total. The molecule has 21 heavy (non-hydrogen) atoms. The van der Waals surface area contributed by atoms with Crippen molar-refractivity contribution in [1.29, 1.82) is 0 Å². The van der Waals surface area contributed by atoms with E-state index >= 15 is 0 Å². The van der Waals surface area contributed by atoms with Crippen LogP contribution in [0.2, 0.25) is 0 Å². The highest BCUT2D eigenvalue weighted by atomic mass is 16.5. The van der Waals surface area contributed by atoms with Crippen LogP contribution in [0.1, 0.15) is 44.6 Å². The predicted molar refractivity (Wildman–Crippen MR) is 81.8 cm³/mol. The third kappa shape index (κ3) is 5.05. The minimum absolute atomic E-state index is 0.241. The standard InChI is InChI=1S/C17H25NO3/c1-17(20,15-10-6-3-7-11-15)13-18-16(19)21-12-14-8-4-2-5-9-14/h2,4-5,8-9,15,20H,3,6-7,10-13H2,1H3,(H,18,19). The van der Waals surface area contributed by atoms with Crippen molar-refractivity contribution in [2.45, 2.75) is 51.2 Å². The van der Waals surface area contributed by atoms with E-state index in [1.807, 2.05) is 30.3 Å². The Labute approximate surface area is 126 Å². The molecule has 0 radical (unpaired) electrons. The number of alkyl carbamates (subject to hydrolysis) is 1. The van der Waals surface area contributed by atoms with Crippen LogP contribution in [-0.4, -0.2) is 23.3 Å². The van der Waals surface area contributed by atoms with Crippen molar-refractivity contribution < 1.29 is 14.6 Å². The molecule has 4 heteroatoms. The van der Waals surface area contributed by atoms with Gasteiger partial charge in [0.15, 0.2) is 0 Å². The average Bonchev–Trinajstić information content (AvgIpc) is 2.53. The first-order valence-corrected chi connectivity index (χ1v) is 7.75. The highest BCUT2D eigenvalue weighted by Gasteiger charge is 2.33. The number of benzene rings is 1. The van der Waals surface area contributed by atoms with E-state index in [0.29, 0.717) is 0 Å². The molecule has 0 saturated heterocycles. The first-order chi connectivity index (χ1) is 10.1. The SMILES string of the molecule is CC(O)(CNC(=O)OCc1ccccc1)C1CCCCC1. The van der Waals surface area contributed by atoms with Crippen LogP contribution in [0.25, 0.3) is 0 Å². The zero-order valence-corrected chi connectivity index (χ0v) is 12.7. The Kier molecular flexibility index (Phi) is 5.62. The number of rotatable bonds is 5. The van der Waals surface area contributed by atoms with Crippen molar-refractivity contribution in [1.82, 2.24) is 5.32 Å². The van der Waals surface area contributed by atoms with E-state index in [1.165, 1.54) is 19.3 Å². The quantitative estimate of drug-likeness (QED) is 0.875. The number of aliphatic hydroxyl groups is 1. The van der Waals surface area contributed by atoms with E-state index in [4.69, 9.17) is 4.74 Å². The van der Waals surface area contributed by atoms with E-state index in [0.717, 1.165) is 18.4 Å². The molecule has 1 amide bonds. The largest absolute Gasteiger partial charge is 0.445 e. The second kappa shape index (κ2) is 7.46. The fourth-order valence-electron chi connectivity index (χ4n) is 2.89. The summed E-state index contributed by atoms with van der Waals surface area (Å²) in [7, 11) is 0. The van der Waals surface area contributed by atoms with Gasteiger partial charge in [-0.1, -0.05) is 49.6 Å². The Hall–Kier alpha value is -1.55. The van der Waals surface area contributed by atoms with Crippen molar-refractivity contribution in [3.8, 4) is 0 Å². The smallest absolute Gasteiger partial charge is 0.407 e. The molecule has 1 unspecified atom stereocenters. The van der Waals surface area contributed by atoms with Gasteiger partial charge in [-0.25, -0.2) is 4.79 Å². The first kappa shape index (κ1) is 15.8. The molecule has 4 nitrogen and oxygen atoms in total. The van der Waals surface area contributed by atoms with Crippen molar-refractivity contribution in [2.24, 2.45) is 5.92 Å². The van der Waals surface area contributed by atoms with Crippen LogP contribution in [0, 0.1) is 5.92 Å². The maximum absolute atomic E-state index is 11.7. The number of nitrogens with one attached hydrogen (secondary N) is 1. The Morgan fingerprint density at radius 1 is 1.29 bits per heavy atom. The zero-order valence-electron chi connectivity index (χ0n) is 12.7. The van der Waals surface area contributed by atoms with Gasteiger partial charge in [-0.2, -0.15) is 0 Å². The lowest BCUT2D eigenvalue weighted by Crippen LogP contribution is -2.46. The zero-order chi connectivity index (χ0) is 15.1. The summed E-state index contributed by atoms with van der Waals surface area (Å²) in [5, 5.41) is 13.2. The second-order valence-corrected chi connectivity index (χ2v) is 6.11. The number of carbonyl (C=O) groups is 1. The average molecular weight is 291 g/mol. The Balaban J connectivity index is 1.72. The fraction of sp³-hybridized carbons (Fsp3) is 0.588. The van der Waals surface area contributed by atoms with Crippen molar-refractivity contribution in [3.05, 3.63) is 35.9 Å². The fourth-order valence-corrected chi connectivity index (χ4v) is 2.89. The molecule has 0 aliphatic heterocycles. The molecule has 0 heterocycles. The van der Waals surface area contributed by atoms with Crippen LogP contribution in [0.5, 0.6) is 0 Å². The van der Waals surface area contributed by atoms with Gasteiger partial charge >= 0.3 is 6.09 Å². The van der Waals surface area contributed by atoms with Crippen LogP contribution in [0.3, 0.4) is 0 Å². The van der Waals surface area contributed by atoms with E-state index < -0.39 is 11.7 Å². The van der Waals surface area contributed by atoms with Gasteiger partial charge in [0.1, 0.15) is 6.61 Å². The maximum atomic E-state index is 11.7. The Bertz CT molecular complexity index is 439. The summed E-state index contributed by atoms with van der Waals surface area (Å²) in [6.07, 6.45) is 5.18. The molecule has 1 atom stereocenters. The molecule has 1 fully saturated rings. The van der Waals surface area contributed by atoms with Crippen molar-refractivity contribution in [2.75, 3.05) is 6.54 Å². The number of amides is 1. The number of hydrogen-bond donors (Lipinski definition) is 2. The molecule has 1 saturated carbocycles. The molecular weight excluding hydrogens is 266 g/mol. The summed E-state index contributed by atoms with van der Waals surface area (Å²) in [5.74, 6) is 0.265. The van der Waals surface area contributed by atoms with Crippen LogP contribution in [0.4, 0.5) is 4.79 Å². The molecule has 0 bridgehead atoms. The van der Waals surface area contributed by atoms with Crippen molar-refractivity contribution >= 4 is 6.09 Å².